The third-order valence-corrected chi connectivity index (χ3v) is 2.80. The van der Waals surface area contributed by atoms with Gasteiger partial charge in [-0.05, 0) is 12.1 Å². The van der Waals surface area contributed by atoms with Gasteiger partial charge in [-0.25, -0.2) is 4.79 Å². The molecule has 1 atom stereocenters. The molecule has 0 aliphatic rings. The summed E-state index contributed by atoms with van der Waals surface area (Å²) in [6.45, 7) is 6.06. The maximum atomic E-state index is 9.63. The van der Waals surface area contributed by atoms with E-state index in [1.807, 2.05) is 18.2 Å². The molecule has 0 bridgehead atoms. The highest BCUT2D eigenvalue weighted by Gasteiger charge is 2.05. The summed E-state index contributed by atoms with van der Waals surface area (Å²) < 4.78 is 26.1. The second-order valence-electron chi connectivity index (χ2n) is 5.06. The Hall–Kier alpha value is -2.01. The molecule has 0 radical (unpaired) electrons. The molecule has 0 saturated heterocycles. The Balaban J connectivity index is 0.00000129. The largest absolute Gasteiger partial charge is 0.478 e. The Morgan fingerprint density at radius 1 is 0.929 bits per heavy atom. The van der Waals surface area contributed by atoms with E-state index in [1.165, 1.54) is 0 Å². The summed E-state index contributed by atoms with van der Waals surface area (Å²) in [7, 11) is 0. The van der Waals surface area contributed by atoms with E-state index in [2.05, 4.69) is 6.58 Å². The molecule has 0 aromatic heterocycles. The van der Waals surface area contributed by atoms with Crippen LogP contribution in [0.3, 0.4) is 0 Å². The molecule has 9 nitrogen and oxygen atoms in total. The molecule has 0 aliphatic carbocycles. The lowest BCUT2D eigenvalue weighted by Crippen LogP contribution is -2.23. The summed E-state index contributed by atoms with van der Waals surface area (Å²) in [6, 6.07) is 9.07. The van der Waals surface area contributed by atoms with Crippen molar-refractivity contribution in [1.29, 1.82) is 0 Å². The first kappa shape index (κ1) is 26.0. The van der Waals surface area contributed by atoms with E-state index in [1.54, 1.807) is 12.1 Å². The summed E-state index contributed by atoms with van der Waals surface area (Å²) in [6.07, 6.45) is -0.167. The molecule has 1 rings (SSSR count). The van der Waals surface area contributed by atoms with Gasteiger partial charge < -0.3 is 39.0 Å². The molecule has 3 N–H and O–H groups in total. The minimum absolute atomic E-state index is 0.0220. The van der Waals surface area contributed by atoms with Crippen LogP contribution in [0.2, 0.25) is 0 Å². The van der Waals surface area contributed by atoms with Crippen LogP contribution in [0.5, 0.6) is 5.75 Å². The Morgan fingerprint density at radius 2 is 1.39 bits per heavy atom. The maximum absolute atomic E-state index is 9.63. The van der Waals surface area contributed by atoms with Gasteiger partial charge in [0.2, 0.25) is 6.29 Å². The lowest BCUT2D eigenvalue weighted by molar-refractivity contribution is -0.131. The molecule has 0 saturated carbocycles. The lowest BCUT2D eigenvalue weighted by Gasteiger charge is -2.13. The molecule has 0 aliphatic heterocycles. The van der Waals surface area contributed by atoms with Crippen molar-refractivity contribution >= 4 is 5.97 Å². The Morgan fingerprint density at radius 3 is 1.86 bits per heavy atom. The number of ether oxygens (including phenoxy) is 5. The summed E-state index contributed by atoms with van der Waals surface area (Å²) in [5.74, 6) is -0.384. The van der Waals surface area contributed by atoms with Crippen LogP contribution >= 0.6 is 0 Å². The first-order chi connectivity index (χ1) is 13.6. The lowest BCUT2D eigenvalue weighted by atomic mass is 10.3. The van der Waals surface area contributed by atoms with Crippen LogP contribution in [0.15, 0.2) is 43.0 Å². The van der Waals surface area contributed by atoms with Gasteiger partial charge in [-0.2, -0.15) is 0 Å². The molecule has 1 unspecified atom stereocenters. The summed E-state index contributed by atoms with van der Waals surface area (Å²) in [5, 5.41) is 25.7. The standard InChI is InChI=1S/C16H26O7.C3H4O2/c17-6-7-19-8-9-20-10-11-21-12-13-22-14-16(18)23-15-4-2-1-3-5-15;1-2-3(4)5/h1-5,16-18H,6-14H2;2H,1H2,(H,4,5). The van der Waals surface area contributed by atoms with E-state index < -0.39 is 12.3 Å². The van der Waals surface area contributed by atoms with Crippen molar-refractivity contribution < 1.29 is 43.8 Å². The van der Waals surface area contributed by atoms with E-state index in [0.29, 0.717) is 52.0 Å². The predicted octanol–water partition coefficient (Wildman–Crippen LogP) is 0.700. The normalized spacial score (nSPS) is 11.2. The second-order valence-corrected chi connectivity index (χ2v) is 5.06. The van der Waals surface area contributed by atoms with Crippen LogP contribution in [0.1, 0.15) is 0 Å². The number of rotatable bonds is 16. The van der Waals surface area contributed by atoms with Gasteiger partial charge in [0.05, 0.1) is 52.9 Å². The average molecular weight is 402 g/mol. The fourth-order valence-corrected chi connectivity index (χ4v) is 1.60. The van der Waals surface area contributed by atoms with Crippen LogP contribution in [-0.4, -0.2) is 87.0 Å². The van der Waals surface area contributed by atoms with Gasteiger partial charge in [-0.1, -0.05) is 24.8 Å². The highest BCUT2D eigenvalue weighted by molar-refractivity contribution is 5.78. The number of carbonyl (C=O) groups is 1. The molecule has 0 heterocycles. The zero-order valence-electron chi connectivity index (χ0n) is 15.9. The number of hydrogen-bond donors (Lipinski definition) is 3. The van der Waals surface area contributed by atoms with Crippen LogP contribution < -0.4 is 4.74 Å². The number of carboxylic acids is 1. The zero-order chi connectivity index (χ0) is 20.9. The molecular weight excluding hydrogens is 372 g/mol. The van der Waals surface area contributed by atoms with Gasteiger partial charge in [-0.3, -0.25) is 0 Å². The SMILES string of the molecule is C=CC(=O)O.OCCOCCOCCOCCOCC(O)Oc1ccccc1. The smallest absolute Gasteiger partial charge is 0.327 e. The Bertz CT molecular complexity index is 482. The van der Waals surface area contributed by atoms with Gasteiger partial charge in [0.1, 0.15) is 12.4 Å². The first-order valence-electron chi connectivity index (χ1n) is 8.77. The zero-order valence-corrected chi connectivity index (χ0v) is 15.9. The quantitative estimate of drug-likeness (QED) is 0.208. The van der Waals surface area contributed by atoms with Crippen molar-refractivity contribution in [2.24, 2.45) is 0 Å². The fraction of sp³-hybridized carbons (Fsp3) is 0.526. The van der Waals surface area contributed by atoms with Crippen molar-refractivity contribution in [3.05, 3.63) is 43.0 Å². The first-order valence-corrected chi connectivity index (χ1v) is 8.77. The van der Waals surface area contributed by atoms with Gasteiger partial charge >= 0.3 is 5.97 Å². The van der Waals surface area contributed by atoms with E-state index >= 15 is 0 Å². The minimum atomic E-state index is -1.00. The number of carboxylic acid groups (broad SMARTS) is 1. The van der Waals surface area contributed by atoms with Crippen molar-refractivity contribution in [2.75, 3.05) is 59.5 Å². The molecule has 28 heavy (non-hydrogen) atoms. The van der Waals surface area contributed by atoms with E-state index in [9.17, 15) is 9.90 Å². The maximum Gasteiger partial charge on any atom is 0.327 e. The number of aliphatic hydroxyl groups excluding tert-OH is 2. The van der Waals surface area contributed by atoms with Gasteiger partial charge in [0.15, 0.2) is 0 Å². The van der Waals surface area contributed by atoms with E-state index in [-0.39, 0.29) is 13.2 Å². The van der Waals surface area contributed by atoms with Gasteiger partial charge in [0, 0.05) is 6.08 Å². The minimum Gasteiger partial charge on any atom is -0.478 e. The number of aliphatic hydroxyl groups is 2. The molecule has 0 spiro atoms. The monoisotopic (exact) mass is 402 g/mol. The number of aliphatic carboxylic acids is 1. The highest BCUT2D eigenvalue weighted by atomic mass is 16.6. The third kappa shape index (κ3) is 18.8. The van der Waals surface area contributed by atoms with Crippen molar-refractivity contribution in [2.45, 2.75) is 6.29 Å². The molecule has 0 amide bonds. The number of benzene rings is 1. The molecule has 160 valence electrons. The highest BCUT2D eigenvalue weighted by Crippen LogP contribution is 2.09. The topological polar surface area (TPSA) is 124 Å². The van der Waals surface area contributed by atoms with Gasteiger partial charge in [-0.15, -0.1) is 0 Å². The second kappa shape index (κ2) is 19.7. The van der Waals surface area contributed by atoms with E-state index in [0.717, 1.165) is 6.08 Å². The van der Waals surface area contributed by atoms with Crippen LogP contribution in [0.4, 0.5) is 0 Å². The van der Waals surface area contributed by atoms with Crippen LogP contribution in [0, 0.1) is 0 Å². The van der Waals surface area contributed by atoms with Crippen molar-refractivity contribution in [1.82, 2.24) is 0 Å². The van der Waals surface area contributed by atoms with Crippen molar-refractivity contribution in [3.63, 3.8) is 0 Å². The van der Waals surface area contributed by atoms with Gasteiger partial charge in [0.25, 0.3) is 0 Å². The number of hydrogen-bond acceptors (Lipinski definition) is 8. The molecule has 1 aromatic carbocycles. The Labute approximate surface area is 165 Å². The van der Waals surface area contributed by atoms with Crippen molar-refractivity contribution in [3.8, 4) is 5.75 Å². The molecule has 0 fully saturated rings. The predicted molar refractivity (Wildman–Crippen MR) is 101 cm³/mol. The van der Waals surface area contributed by atoms with E-state index in [4.69, 9.17) is 33.9 Å². The summed E-state index contributed by atoms with van der Waals surface area (Å²) in [4.78, 5) is 9.25. The average Bonchev–Trinajstić information content (AvgIpc) is 2.70. The summed E-state index contributed by atoms with van der Waals surface area (Å²) in [5.41, 5.74) is 0. The van der Waals surface area contributed by atoms with Crippen LogP contribution in [-0.2, 0) is 23.7 Å². The fourth-order valence-electron chi connectivity index (χ4n) is 1.60. The molecule has 1 aromatic rings. The summed E-state index contributed by atoms with van der Waals surface area (Å²) >= 11 is 0. The molecular formula is C19H30O9. The number of para-hydroxylation sites is 1. The Kier molecular flexibility index (Phi) is 18.3. The third-order valence-electron chi connectivity index (χ3n) is 2.80. The molecule has 9 heteroatoms. The van der Waals surface area contributed by atoms with Crippen LogP contribution in [0.25, 0.3) is 0 Å².